The van der Waals surface area contributed by atoms with Crippen molar-refractivity contribution in [2.24, 2.45) is 5.41 Å². The summed E-state index contributed by atoms with van der Waals surface area (Å²) >= 11 is 0. The first-order chi connectivity index (χ1) is 8.05. The van der Waals surface area contributed by atoms with E-state index in [1.807, 2.05) is 19.9 Å². The van der Waals surface area contributed by atoms with Crippen molar-refractivity contribution >= 4 is 0 Å². The van der Waals surface area contributed by atoms with E-state index in [0.29, 0.717) is 12.4 Å². The molecule has 0 spiro atoms. The van der Waals surface area contributed by atoms with Gasteiger partial charge in [-0.05, 0) is 45.2 Å². The average Bonchev–Trinajstić information content (AvgIpc) is 2.31. The number of phenols is 1. The first kappa shape index (κ1) is 13.4. The number of nitriles is 1. The Hall–Kier alpha value is -1.69. The maximum Gasteiger partial charge on any atom is 0.160 e. The number of rotatable bonds is 6. The highest BCUT2D eigenvalue weighted by atomic mass is 16.5. The van der Waals surface area contributed by atoms with E-state index in [1.165, 1.54) is 0 Å². The van der Waals surface area contributed by atoms with Crippen LogP contribution in [-0.4, -0.2) is 11.7 Å². The maximum atomic E-state index is 9.47. The van der Waals surface area contributed by atoms with E-state index in [0.717, 1.165) is 19.3 Å². The fourth-order valence-corrected chi connectivity index (χ4v) is 1.49. The molecule has 17 heavy (non-hydrogen) atoms. The third kappa shape index (κ3) is 4.78. The Balaban J connectivity index is 2.22. The van der Waals surface area contributed by atoms with Crippen LogP contribution >= 0.6 is 0 Å². The Morgan fingerprint density at radius 1 is 1.29 bits per heavy atom. The summed E-state index contributed by atoms with van der Waals surface area (Å²) in [5, 5.41) is 18.3. The van der Waals surface area contributed by atoms with Gasteiger partial charge in [-0.3, -0.25) is 0 Å². The van der Waals surface area contributed by atoms with E-state index in [-0.39, 0.29) is 11.2 Å². The molecule has 0 saturated carbocycles. The highest BCUT2D eigenvalue weighted by Crippen LogP contribution is 2.25. The predicted octanol–water partition coefficient (Wildman–Crippen LogP) is 3.49. The van der Waals surface area contributed by atoms with E-state index in [4.69, 9.17) is 10.00 Å². The van der Waals surface area contributed by atoms with Gasteiger partial charge in [0.1, 0.15) is 0 Å². The Kier molecular flexibility index (Phi) is 4.84. The van der Waals surface area contributed by atoms with Gasteiger partial charge < -0.3 is 9.84 Å². The Morgan fingerprint density at radius 2 is 2.00 bits per heavy atom. The molecule has 0 bridgehead atoms. The molecule has 0 aliphatic carbocycles. The zero-order valence-corrected chi connectivity index (χ0v) is 10.4. The van der Waals surface area contributed by atoms with Gasteiger partial charge in [0.15, 0.2) is 11.5 Å². The number of aromatic hydroxyl groups is 1. The van der Waals surface area contributed by atoms with Gasteiger partial charge in [0, 0.05) is 0 Å². The van der Waals surface area contributed by atoms with Gasteiger partial charge in [-0.25, -0.2) is 0 Å². The molecule has 0 fully saturated rings. The van der Waals surface area contributed by atoms with Crippen LogP contribution in [0.3, 0.4) is 0 Å². The van der Waals surface area contributed by atoms with Crippen molar-refractivity contribution < 1.29 is 9.84 Å². The Morgan fingerprint density at radius 3 is 2.65 bits per heavy atom. The van der Waals surface area contributed by atoms with Crippen molar-refractivity contribution in [3.63, 3.8) is 0 Å². The van der Waals surface area contributed by atoms with Crippen molar-refractivity contribution in [1.29, 1.82) is 5.26 Å². The van der Waals surface area contributed by atoms with Crippen LogP contribution in [0.1, 0.15) is 33.1 Å². The molecule has 0 radical (unpaired) electrons. The minimum atomic E-state index is -0.255. The second-order valence-corrected chi connectivity index (χ2v) is 4.77. The molecule has 1 N–H and O–H groups in total. The smallest absolute Gasteiger partial charge is 0.160 e. The van der Waals surface area contributed by atoms with Crippen molar-refractivity contribution in [3.05, 3.63) is 24.3 Å². The molecule has 1 rings (SSSR count). The van der Waals surface area contributed by atoms with Crippen molar-refractivity contribution in [3.8, 4) is 17.6 Å². The first-order valence-corrected chi connectivity index (χ1v) is 5.87. The van der Waals surface area contributed by atoms with Gasteiger partial charge >= 0.3 is 0 Å². The highest BCUT2D eigenvalue weighted by molar-refractivity contribution is 5.37. The number of hydrogen-bond donors (Lipinski definition) is 1. The summed E-state index contributed by atoms with van der Waals surface area (Å²) in [6.07, 6.45) is 2.71. The van der Waals surface area contributed by atoms with E-state index in [9.17, 15) is 5.11 Å². The number of ether oxygens (including phenoxy) is 1. The zero-order valence-electron chi connectivity index (χ0n) is 10.4. The predicted molar refractivity (Wildman–Crippen MR) is 66.8 cm³/mol. The standard InChI is InChI=1S/C14H19NO2/c1-14(2,11-15)9-5-6-10-17-13-8-4-3-7-12(13)16/h3-4,7-8,16H,5-6,9-10H2,1-2H3. The number of hydrogen-bond acceptors (Lipinski definition) is 3. The van der Waals surface area contributed by atoms with Crippen LogP contribution in [-0.2, 0) is 0 Å². The molecule has 0 amide bonds. The lowest BCUT2D eigenvalue weighted by molar-refractivity contribution is 0.281. The SMILES string of the molecule is CC(C)(C#N)CCCCOc1ccccc1O. The van der Waals surface area contributed by atoms with Crippen LogP contribution in [0, 0.1) is 16.7 Å². The van der Waals surface area contributed by atoms with Crippen LogP contribution in [0.25, 0.3) is 0 Å². The summed E-state index contributed by atoms with van der Waals surface area (Å²) in [6.45, 7) is 4.45. The lowest BCUT2D eigenvalue weighted by Gasteiger charge is -2.14. The van der Waals surface area contributed by atoms with Crippen LogP contribution < -0.4 is 4.74 Å². The fraction of sp³-hybridized carbons (Fsp3) is 0.500. The third-order valence-electron chi connectivity index (χ3n) is 2.62. The molecule has 0 aliphatic rings. The van der Waals surface area contributed by atoms with Crippen molar-refractivity contribution in [2.45, 2.75) is 33.1 Å². The summed E-state index contributed by atoms with van der Waals surface area (Å²) in [5.41, 5.74) is -0.255. The highest BCUT2D eigenvalue weighted by Gasteiger charge is 2.15. The Labute approximate surface area is 103 Å². The lowest BCUT2D eigenvalue weighted by Crippen LogP contribution is -2.08. The summed E-state index contributed by atoms with van der Waals surface area (Å²) < 4.78 is 5.45. The molecular formula is C14H19NO2. The van der Waals surface area contributed by atoms with Crippen LogP contribution in [0.5, 0.6) is 11.5 Å². The topological polar surface area (TPSA) is 53.2 Å². The lowest BCUT2D eigenvalue weighted by atomic mass is 9.89. The Bertz CT molecular complexity index is 393. The first-order valence-electron chi connectivity index (χ1n) is 5.87. The molecule has 1 aromatic rings. The van der Waals surface area contributed by atoms with E-state index in [1.54, 1.807) is 18.2 Å². The maximum absolute atomic E-state index is 9.47. The van der Waals surface area contributed by atoms with Crippen molar-refractivity contribution in [1.82, 2.24) is 0 Å². The molecule has 0 atom stereocenters. The molecule has 0 aromatic heterocycles. The molecule has 3 nitrogen and oxygen atoms in total. The number of phenolic OH excluding ortho intramolecular Hbond substituents is 1. The van der Waals surface area contributed by atoms with Gasteiger partial charge in [-0.1, -0.05) is 12.1 Å². The molecular weight excluding hydrogens is 214 g/mol. The fourth-order valence-electron chi connectivity index (χ4n) is 1.49. The summed E-state index contributed by atoms with van der Waals surface area (Å²) in [4.78, 5) is 0. The van der Waals surface area contributed by atoms with E-state index >= 15 is 0 Å². The summed E-state index contributed by atoms with van der Waals surface area (Å²) in [7, 11) is 0. The number of nitrogens with zero attached hydrogens (tertiary/aromatic N) is 1. The van der Waals surface area contributed by atoms with Gasteiger partial charge in [0.2, 0.25) is 0 Å². The zero-order chi connectivity index (χ0) is 12.7. The normalized spacial score (nSPS) is 10.9. The monoisotopic (exact) mass is 233 g/mol. The van der Waals surface area contributed by atoms with Gasteiger partial charge in [0.05, 0.1) is 18.1 Å². The largest absolute Gasteiger partial charge is 0.504 e. The number of unbranched alkanes of at least 4 members (excludes halogenated alkanes) is 1. The molecule has 0 aliphatic heterocycles. The molecule has 0 unspecified atom stereocenters. The quantitative estimate of drug-likeness (QED) is 0.765. The summed E-state index contributed by atoms with van der Waals surface area (Å²) in [5.74, 6) is 0.692. The van der Waals surface area contributed by atoms with Crippen LogP contribution in [0.15, 0.2) is 24.3 Å². The second kappa shape index (κ2) is 6.15. The van der Waals surface area contributed by atoms with Crippen LogP contribution in [0.2, 0.25) is 0 Å². The van der Waals surface area contributed by atoms with Gasteiger partial charge in [-0.15, -0.1) is 0 Å². The number of benzene rings is 1. The second-order valence-electron chi connectivity index (χ2n) is 4.77. The molecule has 92 valence electrons. The molecule has 1 aromatic carbocycles. The minimum absolute atomic E-state index is 0.171. The number of para-hydroxylation sites is 2. The molecule has 0 heterocycles. The summed E-state index contributed by atoms with van der Waals surface area (Å²) in [6, 6.07) is 9.22. The molecule has 0 saturated heterocycles. The van der Waals surface area contributed by atoms with Crippen LogP contribution in [0.4, 0.5) is 0 Å². The van der Waals surface area contributed by atoms with Crippen molar-refractivity contribution in [2.75, 3.05) is 6.61 Å². The molecule has 3 heteroatoms. The minimum Gasteiger partial charge on any atom is -0.504 e. The van der Waals surface area contributed by atoms with Gasteiger partial charge in [0.25, 0.3) is 0 Å². The van der Waals surface area contributed by atoms with E-state index in [2.05, 4.69) is 6.07 Å². The third-order valence-corrected chi connectivity index (χ3v) is 2.62. The van der Waals surface area contributed by atoms with Gasteiger partial charge in [-0.2, -0.15) is 5.26 Å². The average molecular weight is 233 g/mol. The van der Waals surface area contributed by atoms with E-state index < -0.39 is 0 Å².